The van der Waals surface area contributed by atoms with Crippen LogP contribution in [0.4, 0.5) is 17.5 Å². The molecular weight excluding hydrogens is 370 g/mol. The first-order chi connectivity index (χ1) is 13.7. The molecule has 0 saturated carbocycles. The molecule has 3 aromatic rings. The minimum atomic E-state index is 0.775. The van der Waals surface area contributed by atoms with Crippen LogP contribution in [-0.4, -0.2) is 43.2 Å². The molecule has 0 atom stereocenters. The third-order valence-corrected chi connectivity index (χ3v) is 5.25. The van der Waals surface area contributed by atoms with Crippen LogP contribution in [0.1, 0.15) is 5.56 Å². The van der Waals surface area contributed by atoms with Crippen LogP contribution >= 0.6 is 11.6 Å². The Bertz CT molecular complexity index is 910. The van der Waals surface area contributed by atoms with Crippen molar-refractivity contribution in [2.24, 2.45) is 0 Å². The Labute approximate surface area is 171 Å². The van der Waals surface area contributed by atoms with E-state index >= 15 is 0 Å². The van der Waals surface area contributed by atoms with E-state index in [0.717, 1.165) is 49.5 Å². The molecule has 0 amide bonds. The Morgan fingerprint density at radius 2 is 1.68 bits per heavy atom. The van der Waals surface area contributed by atoms with Gasteiger partial charge in [-0.25, -0.2) is 4.98 Å². The zero-order valence-corrected chi connectivity index (χ0v) is 16.8. The van der Waals surface area contributed by atoms with Crippen molar-refractivity contribution in [3.8, 4) is 0 Å². The summed E-state index contributed by atoms with van der Waals surface area (Å²) in [5.41, 5.74) is 2.43. The number of aromatic nitrogens is 2. The van der Waals surface area contributed by atoms with Crippen LogP contribution in [0.3, 0.4) is 0 Å². The molecule has 1 aliphatic rings. The second kappa shape index (κ2) is 8.48. The van der Waals surface area contributed by atoms with Crippen molar-refractivity contribution in [2.75, 3.05) is 47.9 Å². The molecule has 2 aromatic carbocycles. The van der Waals surface area contributed by atoms with E-state index in [4.69, 9.17) is 16.6 Å². The van der Waals surface area contributed by atoms with Crippen LogP contribution in [0.25, 0.3) is 0 Å². The summed E-state index contributed by atoms with van der Waals surface area (Å²) < 4.78 is 0. The number of halogens is 1. The lowest BCUT2D eigenvalue weighted by Crippen LogP contribution is -2.47. The van der Waals surface area contributed by atoms with Crippen LogP contribution in [0.2, 0.25) is 5.02 Å². The number of nitrogens with zero attached hydrogens (tertiary/aromatic N) is 5. The third-order valence-electron chi connectivity index (χ3n) is 5.02. The van der Waals surface area contributed by atoms with Crippen LogP contribution in [0.5, 0.6) is 0 Å². The van der Waals surface area contributed by atoms with E-state index in [2.05, 4.69) is 57.1 Å². The fraction of sp³-hybridized carbons (Fsp3) is 0.273. The summed E-state index contributed by atoms with van der Waals surface area (Å²) in [4.78, 5) is 16.1. The maximum Gasteiger partial charge on any atom is 0.227 e. The quantitative estimate of drug-likeness (QED) is 0.652. The maximum absolute atomic E-state index is 6.13. The monoisotopic (exact) mass is 393 g/mol. The van der Waals surface area contributed by atoms with Gasteiger partial charge in [-0.05, 0) is 29.8 Å². The van der Waals surface area contributed by atoms with E-state index in [1.807, 2.05) is 36.5 Å². The predicted octanol–water partition coefficient (Wildman–Crippen LogP) is 4.09. The van der Waals surface area contributed by atoms with Gasteiger partial charge in [0.25, 0.3) is 0 Å². The molecule has 0 aliphatic carbocycles. The maximum atomic E-state index is 6.13. The summed E-state index contributed by atoms with van der Waals surface area (Å²) in [6.07, 6.45) is 1.85. The lowest BCUT2D eigenvalue weighted by atomic mass is 10.2. The van der Waals surface area contributed by atoms with E-state index in [9.17, 15) is 0 Å². The van der Waals surface area contributed by atoms with Gasteiger partial charge in [-0.1, -0.05) is 48.0 Å². The smallest absolute Gasteiger partial charge is 0.227 e. The first-order valence-corrected chi connectivity index (χ1v) is 9.90. The van der Waals surface area contributed by atoms with Crippen molar-refractivity contribution in [2.45, 2.75) is 6.54 Å². The highest BCUT2D eigenvalue weighted by Gasteiger charge is 2.20. The Balaban J connectivity index is 1.41. The fourth-order valence-corrected chi connectivity index (χ4v) is 3.66. The molecule has 1 aliphatic heterocycles. The summed E-state index contributed by atoms with van der Waals surface area (Å²) in [6.45, 7) is 4.44. The highest BCUT2D eigenvalue weighted by molar-refractivity contribution is 6.30. The SMILES string of the molecule is CN(Cc1ccccc1)c1ccnc(N2CCN(c3cccc(Cl)c3)CC2)n1. The normalized spacial score (nSPS) is 14.2. The van der Waals surface area contributed by atoms with Crippen LogP contribution in [-0.2, 0) is 6.54 Å². The van der Waals surface area contributed by atoms with E-state index in [1.54, 1.807) is 0 Å². The van der Waals surface area contributed by atoms with Crippen LogP contribution in [0.15, 0.2) is 66.9 Å². The average molecular weight is 394 g/mol. The number of hydrogen-bond donors (Lipinski definition) is 0. The van der Waals surface area contributed by atoms with E-state index < -0.39 is 0 Å². The largest absolute Gasteiger partial charge is 0.368 e. The van der Waals surface area contributed by atoms with Gasteiger partial charge in [0.2, 0.25) is 5.95 Å². The van der Waals surface area contributed by atoms with Gasteiger partial charge < -0.3 is 14.7 Å². The van der Waals surface area contributed by atoms with Crippen LogP contribution in [0, 0.1) is 0 Å². The molecule has 28 heavy (non-hydrogen) atoms. The van der Waals surface area contributed by atoms with Crippen molar-refractivity contribution < 1.29 is 0 Å². The van der Waals surface area contributed by atoms with Gasteiger partial charge in [-0.15, -0.1) is 0 Å². The molecule has 5 nitrogen and oxygen atoms in total. The molecule has 0 spiro atoms. The highest BCUT2D eigenvalue weighted by atomic mass is 35.5. The van der Waals surface area contributed by atoms with Gasteiger partial charge in [0.1, 0.15) is 5.82 Å². The number of benzene rings is 2. The molecule has 0 radical (unpaired) electrons. The molecule has 0 N–H and O–H groups in total. The molecule has 1 aromatic heterocycles. The summed E-state index contributed by atoms with van der Waals surface area (Å²) in [5, 5.41) is 0.775. The van der Waals surface area contributed by atoms with Crippen LogP contribution < -0.4 is 14.7 Å². The topological polar surface area (TPSA) is 35.5 Å². The standard InChI is InChI=1S/C22H24ClN5/c1-26(17-18-6-3-2-4-7-18)21-10-11-24-22(25-21)28-14-12-27(13-15-28)20-9-5-8-19(23)16-20/h2-11,16H,12-15,17H2,1H3. The van der Waals surface area contributed by atoms with Gasteiger partial charge in [0.15, 0.2) is 0 Å². The molecule has 1 fully saturated rings. The number of rotatable bonds is 5. The predicted molar refractivity (Wildman–Crippen MR) is 116 cm³/mol. The Morgan fingerprint density at radius 1 is 0.929 bits per heavy atom. The van der Waals surface area contributed by atoms with Gasteiger partial charge in [-0.3, -0.25) is 0 Å². The van der Waals surface area contributed by atoms with Crippen molar-refractivity contribution >= 4 is 29.1 Å². The Morgan fingerprint density at radius 3 is 2.43 bits per heavy atom. The van der Waals surface area contributed by atoms with Gasteiger partial charge >= 0.3 is 0 Å². The van der Waals surface area contributed by atoms with Crippen molar-refractivity contribution in [1.29, 1.82) is 0 Å². The summed E-state index contributed by atoms with van der Waals surface area (Å²) in [5.74, 6) is 1.73. The molecular formula is C22H24ClN5. The summed E-state index contributed by atoms with van der Waals surface area (Å²) in [6, 6.07) is 20.4. The van der Waals surface area contributed by atoms with E-state index in [-0.39, 0.29) is 0 Å². The first kappa shape index (κ1) is 18.6. The lowest BCUT2D eigenvalue weighted by molar-refractivity contribution is 0.639. The second-order valence-corrected chi connectivity index (χ2v) is 7.45. The molecule has 4 rings (SSSR count). The Kier molecular flexibility index (Phi) is 5.63. The van der Waals surface area contributed by atoms with Crippen molar-refractivity contribution in [1.82, 2.24) is 9.97 Å². The summed E-state index contributed by atoms with van der Waals surface area (Å²) >= 11 is 6.13. The molecule has 144 valence electrons. The first-order valence-electron chi connectivity index (χ1n) is 9.52. The zero-order chi connectivity index (χ0) is 19.3. The molecule has 0 bridgehead atoms. The zero-order valence-electron chi connectivity index (χ0n) is 16.0. The summed E-state index contributed by atoms with van der Waals surface area (Å²) in [7, 11) is 2.07. The molecule has 2 heterocycles. The molecule has 6 heteroatoms. The average Bonchev–Trinajstić information content (AvgIpc) is 2.75. The van der Waals surface area contributed by atoms with Gasteiger partial charge in [0, 0.05) is 56.7 Å². The lowest BCUT2D eigenvalue weighted by Gasteiger charge is -2.36. The van der Waals surface area contributed by atoms with Crippen molar-refractivity contribution in [3.05, 3.63) is 77.4 Å². The highest BCUT2D eigenvalue weighted by Crippen LogP contribution is 2.22. The third kappa shape index (κ3) is 4.37. The number of piperazine rings is 1. The molecule has 0 unspecified atom stereocenters. The minimum Gasteiger partial charge on any atom is -0.368 e. The van der Waals surface area contributed by atoms with E-state index in [1.165, 1.54) is 11.3 Å². The Hall–Kier alpha value is -2.79. The van der Waals surface area contributed by atoms with Gasteiger partial charge in [0.05, 0.1) is 0 Å². The molecule has 1 saturated heterocycles. The van der Waals surface area contributed by atoms with E-state index in [0.29, 0.717) is 0 Å². The number of hydrogen-bond acceptors (Lipinski definition) is 5. The fourth-order valence-electron chi connectivity index (χ4n) is 3.48. The van der Waals surface area contributed by atoms with Crippen molar-refractivity contribution in [3.63, 3.8) is 0 Å². The number of anilines is 3. The second-order valence-electron chi connectivity index (χ2n) is 7.01. The minimum absolute atomic E-state index is 0.775. The van der Waals surface area contributed by atoms with Gasteiger partial charge in [-0.2, -0.15) is 4.98 Å².